The Kier molecular flexibility index (Phi) is 4.72. The highest BCUT2D eigenvalue weighted by molar-refractivity contribution is 6.33. The highest BCUT2D eigenvalue weighted by Crippen LogP contribution is 2.21. The van der Waals surface area contributed by atoms with Crippen LogP contribution in [0.3, 0.4) is 0 Å². The van der Waals surface area contributed by atoms with Gasteiger partial charge in [0.05, 0.1) is 30.5 Å². The fraction of sp³-hybridized carbons (Fsp3) is 0.333. The Labute approximate surface area is 133 Å². The van der Waals surface area contributed by atoms with E-state index in [2.05, 4.69) is 15.4 Å². The minimum atomic E-state index is -0.343. The number of para-hydroxylation sites is 1. The summed E-state index contributed by atoms with van der Waals surface area (Å²) in [6, 6.07) is 8.70. The normalized spacial score (nSPS) is 15.7. The van der Waals surface area contributed by atoms with E-state index in [0.29, 0.717) is 36.2 Å². The molecule has 1 fully saturated rings. The molecule has 1 amide bonds. The summed E-state index contributed by atoms with van der Waals surface area (Å²) < 4.78 is 10.5. The average Bonchev–Trinajstić information content (AvgIpc) is 2.99. The van der Waals surface area contributed by atoms with Crippen molar-refractivity contribution in [2.45, 2.75) is 6.54 Å². The van der Waals surface area contributed by atoms with Gasteiger partial charge in [-0.15, -0.1) is 0 Å². The second-order valence-electron chi connectivity index (χ2n) is 5.00. The number of morpholine rings is 1. The minimum Gasteiger partial charge on any atom is -0.379 e. The van der Waals surface area contributed by atoms with Gasteiger partial charge in [0.2, 0.25) is 0 Å². The third-order valence-corrected chi connectivity index (χ3v) is 3.73. The van der Waals surface area contributed by atoms with Crippen molar-refractivity contribution >= 4 is 23.2 Å². The Morgan fingerprint density at radius 3 is 2.86 bits per heavy atom. The van der Waals surface area contributed by atoms with Crippen molar-refractivity contribution < 1.29 is 14.1 Å². The molecule has 0 atom stereocenters. The minimum absolute atomic E-state index is 0.239. The maximum atomic E-state index is 12.1. The third-order valence-electron chi connectivity index (χ3n) is 3.40. The van der Waals surface area contributed by atoms with Crippen molar-refractivity contribution in [3.05, 3.63) is 46.8 Å². The van der Waals surface area contributed by atoms with Crippen LogP contribution in [-0.2, 0) is 11.3 Å². The van der Waals surface area contributed by atoms with E-state index in [4.69, 9.17) is 20.9 Å². The van der Waals surface area contributed by atoms with Gasteiger partial charge in [-0.3, -0.25) is 9.69 Å². The molecule has 7 heteroatoms. The molecule has 1 N–H and O–H groups in total. The van der Waals surface area contributed by atoms with Gasteiger partial charge in [-0.25, -0.2) is 0 Å². The molecule has 0 radical (unpaired) electrons. The molecule has 1 aromatic carbocycles. The van der Waals surface area contributed by atoms with Crippen LogP contribution in [0.15, 0.2) is 34.9 Å². The van der Waals surface area contributed by atoms with Crippen LogP contribution in [0.4, 0.5) is 5.69 Å². The van der Waals surface area contributed by atoms with Gasteiger partial charge in [0.25, 0.3) is 5.91 Å². The van der Waals surface area contributed by atoms with Crippen molar-refractivity contribution in [3.8, 4) is 0 Å². The fourth-order valence-electron chi connectivity index (χ4n) is 2.22. The van der Waals surface area contributed by atoms with Gasteiger partial charge in [-0.1, -0.05) is 28.9 Å². The lowest BCUT2D eigenvalue weighted by molar-refractivity contribution is 0.0305. The predicted molar refractivity (Wildman–Crippen MR) is 82.0 cm³/mol. The Bertz CT molecular complexity index is 653. The first-order valence-electron chi connectivity index (χ1n) is 7.04. The number of hydrogen-bond acceptors (Lipinski definition) is 5. The van der Waals surface area contributed by atoms with Crippen molar-refractivity contribution in [2.75, 3.05) is 31.6 Å². The van der Waals surface area contributed by atoms with Crippen LogP contribution >= 0.6 is 11.6 Å². The van der Waals surface area contributed by atoms with Gasteiger partial charge in [0, 0.05) is 19.2 Å². The standard InChI is InChI=1S/C15H16ClN3O3/c16-12-3-1-2-4-13(12)17-15(20)14-9-11(22-18-14)10-19-5-7-21-8-6-19/h1-4,9H,5-8,10H2,(H,17,20). The second kappa shape index (κ2) is 6.91. The number of aromatic nitrogens is 1. The summed E-state index contributed by atoms with van der Waals surface area (Å²) in [5.41, 5.74) is 0.787. The highest BCUT2D eigenvalue weighted by atomic mass is 35.5. The maximum absolute atomic E-state index is 12.1. The van der Waals surface area contributed by atoms with Crippen LogP contribution in [0.2, 0.25) is 5.02 Å². The lowest BCUT2D eigenvalue weighted by Gasteiger charge is -2.25. The molecule has 116 valence electrons. The van der Waals surface area contributed by atoms with E-state index >= 15 is 0 Å². The first kappa shape index (κ1) is 15.0. The number of amides is 1. The molecule has 0 bridgehead atoms. The molecule has 1 aliphatic rings. The number of halogens is 1. The number of ether oxygens (including phenoxy) is 1. The smallest absolute Gasteiger partial charge is 0.277 e. The number of nitrogens with zero attached hydrogens (tertiary/aromatic N) is 2. The number of carbonyl (C=O) groups excluding carboxylic acids is 1. The quantitative estimate of drug-likeness (QED) is 0.936. The lowest BCUT2D eigenvalue weighted by Crippen LogP contribution is -2.35. The first-order valence-corrected chi connectivity index (χ1v) is 7.42. The Hall–Kier alpha value is -1.89. The van der Waals surface area contributed by atoms with Crippen LogP contribution in [0.5, 0.6) is 0 Å². The number of nitrogens with one attached hydrogen (secondary N) is 1. The largest absolute Gasteiger partial charge is 0.379 e. The van der Waals surface area contributed by atoms with Crippen molar-refractivity contribution in [3.63, 3.8) is 0 Å². The molecule has 1 aromatic heterocycles. The molecule has 6 nitrogen and oxygen atoms in total. The number of anilines is 1. The van der Waals surface area contributed by atoms with E-state index in [-0.39, 0.29) is 11.6 Å². The molecule has 0 unspecified atom stereocenters. The number of hydrogen-bond donors (Lipinski definition) is 1. The zero-order valence-corrected chi connectivity index (χ0v) is 12.7. The van der Waals surface area contributed by atoms with Crippen molar-refractivity contribution in [2.24, 2.45) is 0 Å². The molecule has 22 heavy (non-hydrogen) atoms. The van der Waals surface area contributed by atoms with Gasteiger partial charge in [-0.05, 0) is 12.1 Å². The number of carbonyl (C=O) groups is 1. The Balaban J connectivity index is 1.63. The Morgan fingerprint density at radius 2 is 2.09 bits per heavy atom. The summed E-state index contributed by atoms with van der Waals surface area (Å²) in [7, 11) is 0. The zero-order valence-electron chi connectivity index (χ0n) is 11.9. The summed E-state index contributed by atoms with van der Waals surface area (Å²) >= 11 is 6.01. The molecular formula is C15H16ClN3O3. The second-order valence-corrected chi connectivity index (χ2v) is 5.41. The molecule has 2 aromatic rings. The summed E-state index contributed by atoms with van der Waals surface area (Å²) in [6.45, 7) is 3.75. The Morgan fingerprint density at radius 1 is 1.32 bits per heavy atom. The molecule has 3 rings (SSSR count). The number of rotatable bonds is 4. The van der Waals surface area contributed by atoms with Crippen LogP contribution < -0.4 is 5.32 Å². The maximum Gasteiger partial charge on any atom is 0.277 e. The van der Waals surface area contributed by atoms with Gasteiger partial charge in [-0.2, -0.15) is 0 Å². The van der Waals surface area contributed by atoms with Crippen LogP contribution in [-0.4, -0.2) is 42.3 Å². The van der Waals surface area contributed by atoms with Crippen molar-refractivity contribution in [1.29, 1.82) is 0 Å². The molecular weight excluding hydrogens is 306 g/mol. The van der Waals surface area contributed by atoms with Crippen LogP contribution in [0.25, 0.3) is 0 Å². The fourth-order valence-corrected chi connectivity index (χ4v) is 2.41. The summed E-state index contributed by atoms with van der Waals surface area (Å²) in [5.74, 6) is 0.316. The topological polar surface area (TPSA) is 67.6 Å². The van der Waals surface area contributed by atoms with E-state index in [0.717, 1.165) is 13.1 Å². The SMILES string of the molecule is O=C(Nc1ccccc1Cl)c1cc(CN2CCOCC2)on1. The van der Waals surface area contributed by atoms with E-state index in [1.165, 1.54) is 0 Å². The lowest BCUT2D eigenvalue weighted by atomic mass is 10.3. The molecule has 1 aliphatic heterocycles. The summed E-state index contributed by atoms with van der Waals surface area (Å²) in [6.07, 6.45) is 0. The molecule has 2 heterocycles. The first-order chi connectivity index (χ1) is 10.7. The van der Waals surface area contributed by atoms with Crippen LogP contribution in [0.1, 0.15) is 16.2 Å². The average molecular weight is 322 g/mol. The summed E-state index contributed by atoms with van der Waals surface area (Å²) in [5, 5.41) is 7.02. The van der Waals surface area contributed by atoms with Gasteiger partial charge < -0.3 is 14.6 Å². The zero-order chi connectivity index (χ0) is 15.4. The highest BCUT2D eigenvalue weighted by Gasteiger charge is 2.17. The summed E-state index contributed by atoms with van der Waals surface area (Å²) in [4.78, 5) is 14.3. The molecule has 0 aliphatic carbocycles. The van der Waals surface area contributed by atoms with E-state index in [1.54, 1.807) is 30.3 Å². The van der Waals surface area contributed by atoms with E-state index < -0.39 is 0 Å². The van der Waals surface area contributed by atoms with E-state index in [1.807, 2.05) is 0 Å². The van der Waals surface area contributed by atoms with Gasteiger partial charge in [0.15, 0.2) is 11.5 Å². The monoisotopic (exact) mass is 321 g/mol. The number of benzene rings is 1. The predicted octanol–water partition coefficient (Wildman–Crippen LogP) is 2.41. The van der Waals surface area contributed by atoms with E-state index in [9.17, 15) is 4.79 Å². The molecule has 0 spiro atoms. The van der Waals surface area contributed by atoms with Crippen molar-refractivity contribution in [1.82, 2.24) is 10.1 Å². The van der Waals surface area contributed by atoms with Crippen LogP contribution in [0, 0.1) is 0 Å². The third kappa shape index (κ3) is 3.65. The van der Waals surface area contributed by atoms with Gasteiger partial charge >= 0.3 is 0 Å². The molecule has 1 saturated heterocycles. The van der Waals surface area contributed by atoms with Gasteiger partial charge in [0.1, 0.15) is 0 Å². The molecule has 0 saturated carbocycles.